The average molecular weight is 237 g/mol. The standard InChI is InChI=1S/C11H15N3O3/c1-14(2)10(15)5-6-12-8-3-4-9(11(16)17)13-7-8/h3-4,7,12H,5-6H2,1-2H3,(H,16,17). The maximum Gasteiger partial charge on any atom is 0.354 e. The highest BCUT2D eigenvalue weighted by Crippen LogP contribution is 2.06. The van der Waals surface area contributed by atoms with Gasteiger partial charge in [-0.15, -0.1) is 0 Å². The number of pyridine rings is 1. The number of anilines is 1. The van der Waals surface area contributed by atoms with Crippen molar-refractivity contribution >= 4 is 17.6 Å². The largest absolute Gasteiger partial charge is 0.477 e. The molecule has 0 aromatic carbocycles. The van der Waals surface area contributed by atoms with Gasteiger partial charge in [0.1, 0.15) is 5.69 Å². The van der Waals surface area contributed by atoms with Crippen LogP contribution in [0.3, 0.4) is 0 Å². The van der Waals surface area contributed by atoms with Crippen LogP contribution in [0.1, 0.15) is 16.9 Å². The molecule has 0 radical (unpaired) electrons. The van der Waals surface area contributed by atoms with Gasteiger partial charge in [0.2, 0.25) is 5.91 Å². The lowest BCUT2D eigenvalue weighted by Crippen LogP contribution is -2.23. The van der Waals surface area contributed by atoms with Crippen LogP contribution in [0, 0.1) is 0 Å². The van der Waals surface area contributed by atoms with Gasteiger partial charge in [0.15, 0.2) is 0 Å². The Bertz CT molecular complexity index is 401. The Labute approximate surface area is 99.3 Å². The summed E-state index contributed by atoms with van der Waals surface area (Å²) in [4.78, 5) is 27.1. The van der Waals surface area contributed by atoms with Gasteiger partial charge >= 0.3 is 5.97 Å². The summed E-state index contributed by atoms with van der Waals surface area (Å²) >= 11 is 0. The van der Waals surface area contributed by atoms with E-state index >= 15 is 0 Å². The quantitative estimate of drug-likeness (QED) is 0.786. The van der Waals surface area contributed by atoms with E-state index in [0.717, 1.165) is 0 Å². The van der Waals surface area contributed by atoms with E-state index in [4.69, 9.17) is 5.11 Å². The molecule has 0 aliphatic heterocycles. The number of aromatic nitrogens is 1. The first-order chi connectivity index (χ1) is 8.00. The Balaban J connectivity index is 2.42. The summed E-state index contributed by atoms with van der Waals surface area (Å²) in [6.45, 7) is 0.491. The van der Waals surface area contributed by atoms with Crippen molar-refractivity contribution in [2.45, 2.75) is 6.42 Å². The third-order valence-corrected chi connectivity index (χ3v) is 2.15. The van der Waals surface area contributed by atoms with Crippen molar-refractivity contribution in [3.8, 4) is 0 Å². The monoisotopic (exact) mass is 237 g/mol. The van der Waals surface area contributed by atoms with Crippen molar-refractivity contribution in [1.29, 1.82) is 0 Å². The minimum Gasteiger partial charge on any atom is -0.477 e. The number of carbonyl (C=O) groups excluding carboxylic acids is 1. The van der Waals surface area contributed by atoms with Crippen molar-refractivity contribution in [2.24, 2.45) is 0 Å². The van der Waals surface area contributed by atoms with Crippen LogP contribution >= 0.6 is 0 Å². The van der Waals surface area contributed by atoms with E-state index < -0.39 is 5.97 Å². The molecule has 0 aliphatic rings. The van der Waals surface area contributed by atoms with Gasteiger partial charge < -0.3 is 15.3 Å². The van der Waals surface area contributed by atoms with Gasteiger partial charge in [-0.2, -0.15) is 0 Å². The molecule has 0 unspecified atom stereocenters. The number of nitrogens with one attached hydrogen (secondary N) is 1. The number of aromatic carboxylic acids is 1. The van der Waals surface area contributed by atoms with Crippen LogP contribution in [0.4, 0.5) is 5.69 Å². The number of hydrogen-bond acceptors (Lipinski definition) is 4. The molecule has 92 valence electrons. The highest BCUT2D eigenvalue weighted by molar-refractivity contribution is 5.85. The zero-order valence-corrected chi connectivity index (χ0v) is 9.80. The van der Waals surface area contributed by atoms with Gasteiger partial charge in [-0.05, 0) is 12.1 Å². The molecule has 1 aromatic rings. The predicted molar refractivity (Wildman–Crippen MR) is 63.0 cm³/mol. The zero-order valence-electron chi connectivity index (χ0n) is 9.80. The molecule has 6 heteroatoms. The van der Waals surface area contributed by atoms with Crippen molar-refractivity contribution in [3.05, 3.63) is 24.0 Å². The summed E-state index contributed by atoms with van der Waals surface area (Å²) in [6.07, 6.45) is 1.82. The summed E-state index contributed by atoms with van der Waals surface area (Å²) in [5, 5.41) is 11.6. The van der Waals surface area contributed by atoms with Crippen LogP contribution < -0.4 is 5.32 Å². The van der Waals surface area contributed by atoms with Gasteiger partial charge in [0, 0.05) is 27.1 Å². The third-order valence-electron chi connectivity index (χ3n) is 2.15. The molecule has 0 aliphatic carbocycles. The summed E-state index contributed by atoms with van der Waals surface area (Å²) < 4.78 is 0. The fourth-order valence-corrected chi connectivity index (χ4v) is 1.16. The molecule has 0 spiro atoms. The van der Waals surface area contributed by atoms with Crippen molar-refractivity contribution in [3.63, 3.8) is 0 Å². The topological polar surface area (TPSA) is 82.5 Å². The first kappa shape index (κ1) is 13.0. The number of amides is 1. The van der Waals surface area contributed by atoms with Crippen LogP contribution in [0.2, 0.25) is 0 Å². The summed E-state index contributed by atoms with van der Waals surface area (Å²) in [5.41, 5.74) is 0.696. The number of hydrogen-bond donors (Lipinski definition) is 2. The van der Waals surface area contributed by atoms with E-state index in [1.165, 1.54) is 17.2 Å². The third kappa shape index (κ3) is 4.10. The van der Waals surface area contributed by atoms with E-state index in [-0.39, 0.29) is 11.6 Å². The van der Waals surface area contributed by atoms with Crippen LogP contribution in [0.5, 0.6) is 0 Å². The number of rotatable bonds is 5. The lowest BCUT2D eigenvalue weighted by Gasteiger charge is -2.10. The second kappa shape index (κ2) is 5.83. The maximum atomic E-state index is 11.3. The zero-order chi connectivity index (χ0) is 12.8. The Morgan fingerprint density at radius 3 is 2.59 bits per heavy atom. The van der Waals surface area contributed by atoms with E-state index in [9.17, 15) is 9.59 Å². The van der Waals surface area contributed by atoms with E-state index in [1.807, 2.05) is 0 Å². The van der Waals surface area contributed by atoms with Crippen LogP contribution in [-0.4, -0.2) is 47.5 Å². The second-order valence-corrected chi connectivity index (χ2v) is 3.70. The first-order valence-electron chi connectivity index (χ1n) is 5.14. The molecule has 17 heavy (non-hydrogen) atoms. The fraction of sp³-hybridized carbons (Fsp3) is 0.364. The first-order valence-corrected chi connectivity index (χ1v) is 5.14. The second-order valence-electron chi connectivity index (χ2n) is 3.70. The minimum atomic E-state index is -1.06. The van der Waals surface area contributed by atoms with E-state index in [1.54, 1.807) is 20.2 Å². The highest BCUT2D eigenvalue weighted by atomic mass is 16.4. The molecule has 1 aromatic heterocycles. The van der Waals surface area contributed by atoms with Crippen molar-refractivity contribution in [1.82, 2.24) is 9.88 Å². The Morgan fingerprint density at radius 1 is 1.41 bits per heavy atom. The Hall–Kier alpha value is -2.11. The molecule has 0 atom stereocenters. The molecule has 0 saturated carbocycles. The fourth-order valence-electron chi connectivity index (χ4n) is 1.16. The maximum absolute atomic E-state index is 11.3. The van der Waals surface area contributed by atoms with Crippen LogP contribution in [0.25, 0.3) is 0 Å². The SMILES string of the molecule is CN(C)C(=O)CCNc1ccc(C(=O)O)nc1. The number of nitrogens with zero attached hydrogens (tertiary/aromatic N) is 2. The lowest BCUT2D eigenvalue weighted by molar-refractivity contribution is -0.128. The molecule has 1 heterocycles. The molecule has 6 nitrogen and oxygen atoms in total. The molecule has 0 fully saturated rings. The predicted octanol–water partition coefficient (Wildman–Crippen LogP) is 0.670. The summed E-state index contributed by atoms with van der Waals surface area (Å²) in [6, 6.07) is 3.04. The van der Waals surface area contributed by atoms with Crippen molar-refractivity contribution < 1.29 is 14.7 Å². The molecule has 0 saturated heterocycles. The average Bonchev–Trinajstić information content (AvgIpc) is 2.29. The van der Waals surface area contributed by atoms with Crippen LogP contribution in [-0.2, 0) is 4.79 Å². The summed E-state index contributed by atoms with van der Waals surface area (Å²) in [7, 11) is 3.40. The molecule has 2 N–H and O–H groups in total. The number of carbonyl (C=O) groups is 2. The normalized spacial score (nSPS) is 9.76. The Kier molecular flexibility index (Phi) is 4.45. The summed E-state index contributed by atoms with van der Waals surface area (Å²) in [5.74, 6) is -1.02. The van der Waals surface area contributed by atoms with Gasteiger partial charge in [0.05, 0.1) is 11.9 Å². The van der Waals surface area contributed by atoms with Gasteiger partial charge in [-0.25, -0.2) is 9.78 Å². The Morgan fingerprint density at radius 2 is 2.12 bits per heavy atom. The highest BCUT2D eigenvalue weighted by Gasteiger charge is 2.05. The van der Waals surface area contributed by atoms with Gasteiger partial charge in [0.25, 0.3) is 0 Å². The van der Waals surface area contributed by atoms with Gasteiger partial charge in [-0.3, -0.25) is 4.79 Å². The van der Waals surface area contributed by atoms with E-state index in [2.05, 4.69) is 10.3 Å². The number of carboxylic acid groups (broad SMARTS) is 1. The molecule has 0 bridgehead atoms. The minimum absolute atomic E-state index is 0.0000760. The van der Waals surface area contributed by atoms with Gasteiger partial charge in [-0.1, -0.05) is 0 Å². The lowest BCUT2D eigenvalue weighted by atomic mass is 10.3. The van der Waals surface area contributed by atoms with E-state index in [0.29, 0.717) is 18.7 Å². The van der Waals surface area contributed by atoms with Crippen LogP contribution in [0.15, 0.2) is 18.3 Å². The molecular weight excluding hydrogens is 222 g/mol. The molecule has 1 rings (SSSR count). The molecular formula is C11H15N3O3. The van der Waals surface area contributed by atoms with Crippen molar-refractivity contribution in [2.75, 3.05) is 26.0 Å². The molecule has 1 amide bonds. The number of carboxylic acids is 1. The smallest absolute Gasteiger partial charge is 0.354 e.